The van der Waals surface area contributed by atoms with Crippen molar-refractivity contribution in [1.82, 2.24) is 4.98 Å². The quantitative estimate of drug-likeness (QED) is 0.895. The molecule has 0 fully saturated rings. The van der Waals surface area contributed by atoms with Crippen LogP contribution in [0.4, 0.5) is 5.69 Å². The number of amides is 1. The predicted octanol–water partition coefficient (Wildman–Crippen LogP) is 2.72. The molecule has 4 nitrogen and oxygen atoms in total. The van der Waals surface area contributed by atoms with E-state index < -0.39 is 5.92 Å². The molecule has 0 saturated carbocycles. The van der Waals surface area contributed by atoms with Crippen LogP contribution in [0, 0.1) is 17.2 Å². The lowest BCUT2D eigenvalue weighted by Crippen LogP contribution is -2.21. The normalized spacial score (nSPS) is 11.8. The highest BCUT2D eigenvalue weighted by Crippen LogP contribution is 2.22. The molecule has 2 rings (SSSR count). The van der Waals surface area contributed by atoms with Gasteiger partial charge in [0.25, 0.3) is 0 Å². The van der Waals surface area contributed by atoms with Gasteiger partial charge in [-0.2, -0.15) is 5.26 Å². The molecular weight excluding hydrogens is 226 g/mol. The Morgan fingerprint density at radius 2 is 2.33 bits per heavy atom. The number of benzene rings is 1. The van der Waals surface area contributed by atoms with E-state index in [0.29, 0.717) is 12.1 Å². The second-order valence-corrected chi connectivity index (χ2v) is 3.98. The second kappa shape index (κ2) is 5.28. The van der Waals surface area contributed by atoms with Gasteiger partial charge in [0.1, 0.15) is 5.92 Å². The highest BCUT2D eigenvalue weighted by Gasteiger charge is 2.16. The molecule has 1 heterocycles. The van der Waals surface area contributed by atoms with Gasteiger partial charge in [-0.05, 0) is 18.6 Å². The first-order valence-electron chi connectivity index (χ1n) is 5.79. The average molecular weight is 239 g/mol. The van der Waals surface area contributed by atoms with Crippen molar-refractivity contribution in [2.24, 2.45) is 5.92 Å². The highest BCUT2D eigenvalue weighted by molar-refractivity contribution is 6.03. The Kier molecular flexibility index (Phi) is 3.54. The van der Waals surface area contributed by atoms with Crippen molar-refractivity contribution in [3.63, 3.8) is 0 Å². The van der Waals surface area contributed by atoms with Gasteiger partial charge in [-0.1, -0.05) is 19.1 Å². The van der Waals surface area contributed by atoms with Crippen LogP contribution >= 0.6 is 0 Å². The van der Waals surface area contributed by atoms with Gasteiger partial charge >= 0.3 is 0 Å². The standard InChI is InChI=1S/C14H13N3O/c1-2-10(8-15)14(18)17-13-5-3-4-11-9-16-7-6-12(11)13/h3-7,9-10H,2H2,1H3,(H,17,18). The van der Waals surface area contributed by atoms with Crippen molar-refractivity contribution in [2.75, 3.05) is 5.32 Å². The molecule has 0 spiro atoms. The molecule has 0 aliphatic heterocycles. The lowest BCUT2D eigenvalue weighted by atomic mass is 10.1. The zero-order valence-electron chi connectivity index (χ0n) is 10.1. The molecule has 4 heteroatoms. The lowest BCUT2D eigenvalue weighted by Gasteiger charge is -2.10. The number of nitrogens with zero attached hydrogens (tertiary/aromatic N) is 2. The van der Waals surface area contributed by atoms with Gasteiger partial charge in [0.05, 0.1) is 6.07 Å². The first-order chi connectivity index (χ1) is 8.76. The number of fused-ring (bicyclic) bond motifs is 1. The number of carbonyl (C=O) groups is 1. The van der Waals surface area contributed by atoms with Crippen molar-refractivity contribution in [1.29, 1.82) is 5.26 Å². The third kappa shape index (κ3) is 2.30. The lowest BCUT2D eigenvalue weighted by molar-refractivity contribution is -0.118. The number of nitrogens with one attached hydrogen (secondary N) is 1. The molecule has 0 aliphatic rings. The van der Waals surface area contributed by atoms with Crippen molar-refractivity contribution in [2.45, 2.75) is 13.3 Å². The number of anilines is 1. The molecule has 1 aromatic carbocycles. The second-order valence-electron chi connectivity index (χ2n) is 3.98. The van der Waals surface area contributed by atoms with Crippen LogP contribution in [0.2, 0.25) is 0 Å². The van der Waals surface area contributed by atoms with Gasteiger partial charge in [-0.15, -0.1) is 0 Å². The van der Waals surface area contributed by atoms with Crippen LogP contribution in [0.5, 0.6) is 0 Å². The summed E-state index contributed by atoms with van der Waals surface area (Å²) in [5.41, 5.74) is 0.716. The molecule has 0 saturated heterocycles. The molecular formula is C14H13N3O. The van der Waals surface area contributed by atoms with Crippen LogP contribution in [-0.2, 0) is 4.79 Å². The summed E-state index contributed by atoms with van der Waals surface area (Å²) < 4.78 is 0. The van der Waals surface area contributed by atoms with E-state index in [1.807, 2.05) is 37.3 Å². The fourth-order valence-corrected chi connectivity index (χ4v) is 1.79. The first kappa shape index (κ1) is 12.1. The van der Waals surface area contributed by atoms with E-state index >= 15 is 0 Å². The fraction of sp³-hybridized carbons (Fsp3) is 0.214. The Balaban J connectivity index is 2.33. The summed E-state index contributed by atoms with van der Waals surface area (Å²) in [5, 5.41) is 13.5. The summed E-state index contributed by atoms with van der Waals surface area (Å²) in [6.45, 7) is 1.82. The van der Waals surface area contributed by atoms with Crippen LogP contribution in [0.1, 0.15) is 13.3 Å². The molecule has 1 unspecified atom stereocenters. The fourth-order valence-electron chi connectivity index (χ4n) is 1.79. The maximum atomic E-state index is 11.9. The molecule has 1 atom stereocenters. The van der Waals surface area contributed by atoms with Gasteiger partial charge in [-0.3, -0.25) is 9.78 Å². The number of rotatable bonds is 3. The topological polar surface area (TPSA) is 65.8 Å². The van der Waals surface area contributed by atoms with Crippen LogP contribution in [0.25, 0.3) is 10.8 Å². The van der Waals surface area contributed by atoms with E-state index in [0.717, 1.165) is 10.8 Å². The molecule has 90 valence electrons. The number of aromatic nitrogens is 1. The van der Waals surface area contributed by atoms with Gasteiger partial charge in [0, 0.05) is 28.9 Å². The van der Waals surface area contributed by atoms with E-state index in [1.165, 1.54) is 0 Å². The Morgan fingerprint density at radius 3 is 3.06 bits per heavy atom. The summed E-state index contributed by atoms with van der Waals surface area (Å²) in [4.78, 5) is 15.9. The molecule has 2 aromatic rings. The zero-order chi connectivity index (χ0) is 13.0. The monoisotopic (exact) mass is 239 g/mol. The summed E-state index contributed by atoms with van der Waals surface area (Å²) in [7, 11) is 0. The molecule has 18 heavy (non-hydrogen) atoms. The largest absolute Gasteiger partial charge is 0.324 e. The van der Waals surface area contributed by atoms with Gasteiger partial charge in [0.15, 0.2) is 0 Å². The van der Waals surface area contributed by atoms with Gasteiger partial charge in [0.2, 0.25) is 5.91 Å². The minimum absolute atomic E-state index is 0.260. The Bertz CT molecular complexity index is 610. The first-order valence-corrected chi connectivity index (χ1v) is 5.79. The Morgan fingerprint density at radius 1 is 1.50 bits per heavy atom. The smallest absolute Gasteiger partial charge is 0.241 e. The van der Waals surface area contributed by atoms with Gasteiger partial charge < -0.3 is 5.32 Å². The predicted molar refractivity (Wildman–Crippen MR) is 69.8 cm³/mol. The van der Waals surface area contributed by atoms with Crippen LogP contribution in [0.15, 0.2) is 36.7 Å². The van der Waals surface area contributed by atoms with E-state index in [1.54, 1.807) is 12.4 Å². The van der Waals surface area contributed by atoms with Crippen molar-refractivity contribution < 1.29 is 4.79 Å². The van der Waals surface area contributed by atoms with Crippen LogP contribution in [0.3, 0.4) is 0 Å². The zero-order valence-corrected chi connectivity index (χ0v) is 10.1. The molecule has 0 bridgehead atoms. The van der Waals surface area contributed by atoms with Gasteiger partial charge in [-0.25, -0.2) is 0 Å². The number of hydrogen-bond donors (Lipinski definition) is 1. The number of nitriles is 1. The van der Waals surface area contributed by atoms with E-state index in [4.69, 9.17) is 5.26 Å². The van der Waals surface area contributed by atoms with E-state index in [-0.39, 0.29) is 5.91 Å². The minimum Gasteiger partial charge on any atom is -0.324 e. The van der Waals surface area contributed by atoms with Crippen LogP contribution in [-0.4, -0.2) is 10.9 Å². The Labute approximate surface area is 105 Å². The molecule has 0 aliphatic carbocycles. The van der Waals surface area contributed by atoms with Crippen LogP contribution < -0.4 is 5.32 Å². The summed E-state index contributed by atoms with van der Waals surface area (Å²) >= 11 is 0. The highest BCUT2D eigenvalue weighted by atomic mass is 16.1. The third-order valence-corrected chi connectivity index (χ3v) is 2.82. The van der Waals surface area contributed by atoms with Crippen molar-refractivity contribution >= 4 is 22.4 Å². The Hall–Kier alpha value is -2.41. The minimum atomic E-state index is -0.609. The van der Waals surface area contributed by atoms with Crippen molar-refractivity contribution in [3.05, 3.63) is 36.7 Å². The van der Waals surface area contributed by atoms with Crippen molar-refractivity contribution in [3.8, 4) is 6.07 Å². The summed E-state index contributed by atoms with van der Waals surface area (Å²) in [6.07, 6.45) is 3.93. The summed E-state index contributed by atoms with van der Waals surface area (Å²) in [6, 6.07) is 9.45. The molecule has 1 amide bonds. The third-order valence-electron chi connectivity index (χ3n) is 2.82. The average Bonchev–Trinajstić information content (AvgIpc) is 2.40. The molecule has 0 radical (unpaired) electrons. The maximum absolute atomic E-state index is 11.9. The maximum Gasteiger partial charge on any atom is 0.241 e. The van der Waals surface area contributed by atoms with E-state index in [9.17, 15) is 4.79 Å². The number of carbonyl (C=O) groups excluding carboxylic acids is 1. The number of pyridine rings is 1. The number of hydrogen-bond acceptors (Lipinski definition) is 3. The SMILES string of the molecule is CCC(C#N)C(=O)Nc1cccc2cnccc12. The molecule has 1 N–H and O–H groups in total. The summed E-state index contributed by atoms with van der Waals surface area (Å²) in [5.74, 6) is -0.869. The van der Waals surface area contributed by atoms with E-state index in [2.05, 4.69) is 10.3 Å². The molecule has 1 aromatic heterocycles.